The minimum absolute atomic E-state index is 0.247. The predicted octanol–water partition coefficient (Wildman–Crippen LogP) is 2.98. The Morgan fingerprint density at radius 1 is 1.28 bits per heavy atom. The number of hydrogen-bond acceptors (Lipinski definition) is 3. The molecular formula is C14H15BrN2O. The summed E-state index contributed by atoms with van der Waals surface area (Å²) in [6.45, 7) is 0. The van der Waals surface area contributed by atoms with Gasteiger partial charge in [-0.1, -0.05) is 15.9 Å². The first-order valence-electron chi connectivity index (χ1n) is 6.37. The maximum Gasteiger partial charge on any atom is 0.137 e. The van der Waals surface area contributed by atoms with Crippen molar-refractivity contribution in [3.63, 3.8) is 0 Å². The maximum absolute atomic E-state index is 9.13. The first kappa shape index (κ1) is 12.0. The van der Waals surface area contributed by atoms with Crippen LogP contribution >= 0.6 is 15.9 Å². The highest BCUT2D eigenvalue weighted by atomic mass is 79.9. The maximum atomic E-state index is 9.13. The summed E-state index contributed by atoms with van der Waals surface area (Å²) in [5.74, 6) is 0.715. The van der Waals surface area contributed by atoms with Gasteiger partial charge in [-0.15, -0.1) is 0 Å². The Morgan fingerprint density at radius 3 is 2.67 bits per heavy atom. The van der Waals surface area contributed by atoms with Crippen molar-refractivity contribution in [2.75, 3.05) is 0 Å². The van der Waals surface area contributed by atoms with Gasteiger partial charge in [0.15, 0.2) is 0 Å². The van der Waals surface area contributed by atoms with Gasteiger partial charge in [0.1, 0.15) is 17.9 Å². The van der Waals surface area contributed by atoms with Gasteiger partial charge >= 0.3 is 0 Å². The summed E-state index contributed by atoms with van der Waals surface area (Å²) >= 11 is 3.37. The number of rotatable bonds is 2. The molecular weight excluding hydrogens is 292 g/mol. The van der Waals surface area contributed by atoms with E-state index in [2.05, 4.69) is 27.3 Å². The lowest BCUT2D eigenvalue weighted by atomic mass is 10.0. The molecule has 2 atom stereocenters. The number of benzene rings is 1. The normalized spacial score (nSPS) is 29.9. The summed E-state index contributed by atoms with van der Waals surface area (Å²) in [6.07, 6.45) is 4.87. The van der Waals surface area contributed by atoms with Crippen molar-refractivity contribution in [1.82, 2.24) is 5.32 Å². The van der Waals surface area contributed by atoms with Crippen molar-refractivity contribution in [3.8, 4) is 11.8 Å². The molecule has 0 spiro atoms. The van der Waals surface area contributed by atoms with Crippen molar-refractivity contribution >= 4 is 15.9 Å². The van der Waals surface area contributed by atoms with E-state index in [1.807, 2.05) is 18.2 Å². The second kappa shape index (κ2) is 4.91. The van der Waals surface area contributed by atoms with Gasteiger partial charge in [-0.2, -0.15) is 5.26 Å². The molecule has 1 aromatic carbocycles. The van der Waals surface area contributed by atoms with Crippen molar-refractivity contribution < 1.29 is 4.74 Å². The van der Waals surface area contributed by atoms with Gasteiger partial charge in [0, 0.05) is 16.6 Å². The molecule has 2 aliphatic rings. The minimum Gasteiger partial charge on any atom is -0.489 e. The van der Waals surface area contributed by atoms with Crippen LogP contribution in [0, 0.1) is 11.3 Å². The predicted molar refractivity (Wildman–Crippen MR) is 72.5 cm³/mol. The number of nitrogens with zero attached hydrogens (tertiary/aromatic N) is 1. The van der Waals surface area contributed by atoms with Gasteiger partial charge in [-0.05, 0) is 43.9 Å². The zero-order valence-corrected chi connectivity index (χ0v) is 11.6. The first-order valence-corrected chi connectivity index (χ1v) is 7.16. The van der Waals surface area contributed by atoms with Crippen LogP contribution in [-0.2, 0) is 0 Å². The minimum atomic E-state index is 0.247. The smallest absolute Gasteiger partial charge is 0.137 e. The largest absolute Gasteiger partial charge is 0.489 e. The van der Waals surface area contributed by atoms with E-state index >= 15 is 0 Å². The number of fused-ring (bicyclic) bond motifs is 2. The molecule has 2 heterocycles. The van der Waals surface area contributed by atoms with Crippen molar-refractivity contribution in [2.24, 2.45) is 0 Å². The third kappa shape index (κ3) is 2.38. The molecule has 2 bridgehead atoms. The number of halogens is 1. The van der Waals surface area contributed by atoms with Crippen LogP contribution in [0.25, 0.3) is 0 Å². The average Bonchev–Trinajstić information content (AvgIpc) is 2.71. The Hall–Kier alpha value is -1.05. The molecule has 0 aromatic heterocycles. The van der Waals surface area contributed by atoms with E-state index in [1.165, 1.54) is 12.8 Å². The fourth-order valence-corrected chi connectivity index (χ4v) is 3.33. The quantitative estimate of drug-likeness (QED) is 0.913. The molecule has 2 fully saturated rings. The Bertz CT molecular complexity index is 485. The molecule has 0 saturated carbocycles. The van der Waals surface area contributed by atoms with Gasteiger partial charge in [0.2, 0.25) is 0 Å². The molecule has 3 nitrogen and oxygen atoms in total. The summed E-state index contributed by atoms with van der Waals surface area (Å²) in [6, 6.07) is 9.02. The van der Waals surface area contributed by atoms with Gasteiger partial charge < -0.3 is 10.1 Å². The summed E-state index contributed by atoms with van der Waals surface area (Å²) in [5, 5.41) is 12.7. The molecule has 94 valence electrons. The highest BCUT2D eigenvalue weighted by molar-refractivity contribution is 9.10. The molecule has 0 radical (unpaired) electrons. The summed E-state index contributed by atoms with van der Waals surface area (Å²) in [4.78, 5) is 0. The van der Waals surface area contributed by atoms with E-state index in [-0.39, 0.29) is 6.10 Å². The number of piperidine rings is 1. The SMILES string of the molecule is N#Cc1cc(Br)ccc1OC1CC2CCC(C1)N2. The molecule has 3 rings (SSSR count). The lowest BCUT2D eigenvalue weighted by Crippen LogP contribution is -2.42. The first-order chi connectivity index (χ1) is 8.74. The van der Waals surface area contributed by atoms with Crippen molar-refractivity contribution in [2.45, 2.75) is 43.9 Å². The van der Waals surface area contributed by atoms with Crippen LogP contribution in [0.15, 0.2) is 22.7 Å². The van der Waals surface area contributed by atoms with Crippen LogP contribution in [0.3, 0.4) is 0 Å². The standard InChI is InChI=1S/C14H15BrN2O/c15-10-1-4-14(9(5-10)8-16)18-13-6-11-2-3-12(7-13)17-11/h1,4-5,11-13,17H,2-3,6-7H2. The van der Waals surface area contributed by atoms with Crippen LogP contribution in [0.4, 0.5) is 0 Å². The number of ether oxygens (including phenoxy) is 1. The lowest BCUT2D eigenvalue weighted by molar-refractivity contribution is 0.137. The zero-order valence-electron chi connectivity index (χ0n) is 10.0. The van der Waals surface area contributed by atoms with Crippen LogP contribution in [0.1, 0.15) is 31.2 Å². The second-order valence-electron chi connectivity index (χ2n) is 5.10. The van der Waals surface area contributed by atoms with E-state index in [0.717, 1.165) is 17.3 Å². The summed E-state index contributed by atoms with van der Waals surface area (Å²) in [5.41, 5.74) is 0.607. The van der Waals surface area contributed by atoms with Gasteiger partial charge in [-0.3, -0.25) is 0 Å². The molecule has 4 heteroatoms. The van der Waals surface area contributed by atoms with Crippen molar-refractivity contribution in [1.29, 1.82) is 5.26 Å². The summed E-state index contributed by atoms with van der Waals surface area (Å²) < 4.78 is 6.94. The molecule has 18 heavy (non-hydrogen) atoms. The van der Waals surface area contributed by atoms with E-state index in [1.54, 1.807) is 0 Å². The molecule has 2 aliphatic heterocycles. The molecule has 0 amide bonds. The van der Waals surface area contributed by atoms with Crippen LogP contribution in [-0.4, -0.2) is 18.2 Å². The highest BCUT2D eigenvalue weighted by Crippen LogP contribution is 2.31. The number of nitriles is 1. The average molecular weight is 307 g/mol. The number of nitrogens with one attached hydrogen (secondary N) is 1. The second-order valence-corrected chi connectivity index (χ2v) is 6.02. The topological polar surface area (TPSA) is 45.0 Å². The molecule has 0 aliphatic carbocycles. The Kier molecular flexibility index (Phi) is 3.27. The van der Waals surface area contributed by atoms with Crippen LogP contribution in [0.5, 0.6) is 5.75 Å². The van der Waals surface area contributed by atoms with Crippen LogP contribution < -0.4 is 10.1 Å². The third-order valence-electron chi connectivity index (χ3n) is 3.79. The lowest BCUT2D eigenvalue weighted by Gasteiger charge is -2.29. The Morgan fingerprint density at radius 2 is 2.00 bits per heavy atom. The third-order valence-corrected chi connectivity index (χ3v) is 4.28. The van der Waals surface area contributed by atoms with Crippen molar-refractivity contribution in [3.05, 3.63) is 28.2 Å². The molecule has 2 unspecified atom stereocenters. The molecule has 1 N–H and O–H groups in total. The highest BCUT2D eigenvalue weighted by Gasteiger charge is 2.34. The van der Waals surface area contributed by atoms with E-state index in [4.69, 9.17) is 10.00 Å². The van der Waals surface area contributed by atoms with Gasteiger partial charge in [0.25, 0.3) is 0 Å². The fraction of sp³-hybridized carbons (Fsp3) is 0.500. The van der Waals surface area contributed by atoms with E-state index < -0.39 is 0 Å². The molecule has 1 aromatic rings. The summed E-state index contributed by atoms with van der Waals surface area (Å²) in [7, 11) is 0. The zero-order chi connectivity index (χ0) is 12.5. The number of hydrogen-bond donors (Lipinski definition) is 1. The van der Waals surface area contributed by atoms with Gasteiger partial charge in [0.05, 0.1) is 5.56 Å². The van der Waals surface area contributed by atoms with Gasteiger partial charge in [-0.25, -0.2) is 0 Å². The Labute approximate surface area is 115 Å². The van der Waals surface area contributed by atoms with Crippen LogP contribution in [0.2, 0.25) is 0 Å². The monoisotopic (exact) mass is 306 g/mol. The molecule has 2 saturated heterocycles. The fourth-order valence-electron chi connectivity index (χ4n) is 2.97. The van der Waals surface area contributed by atoms with E-state index in [9.17, 15) is 0 Å². The Balaban J connectivity index is 1.75. The van der Waals surface area contributed by atoms with E-state index in [0.29, 0.717) is 23.4 Å².